The number of nitrogens with zero attached hydrogens (tertiary/aromatic N) is 3. The highest BCUT2D eigenvalue weighted by atomic mass is 32.1. The van der Waals surface area contributed by atoms with Gasteiger partial charge in [-0.1, -0.05) is 18.2 Å². The molecule has 2 saturated heterocycles. The summed E-state index contributed by atoms with van der Waals surface area (Å²) in [7, 11) is 0. The molecule has 3 fully saturated rings. The van der Waals surface area contributed by atoms with Crippen LogP contribution in [0.25, 0.3) is 0 Å². The van der Waals surface area contributed by atoms with Crippen molar-refractivity contribution < 1.29 is 9.59 Å². The van der Waals surface area contributed by atoms with Crippen molar-refractivity contribution in [1.82, 2.24) is 15.2 Å². The molecule has 2 amide bonds. The molecule has 2 aliphatic heterocycles. The first kappa shape index (κ1) is 18.6. The molecule has 152 valence electrons. The number of anilines is 1. The molecule has 1 atom stereocenters. The standard InChI is InChI=1S/C22H26N4O2S/c1-15-19(29-14-24-15)21(28)25-10-17(9-23-20(27)16-7-8-16)22(11-25)12-26(13-22)18-5-3-2-4-6-18/h2-6,14,16-17H,7-13H2,1H3,(H,23,27). The molecule has 29 heavy (non-hydrogen) atoms. The monoisotopic (exact) mass is 410 g/mol. The van der Waals surface area contributed by atoms with Crippen molar-refractivity contribution in [3.8, 4) is 0 Å². The second-order valence-electron chi connectivity index (χ2n) is 8.72. The first-order valence-corrected chi connectivity index (χ1v) is 11.2. The smallest absolute Gasteiger partial charge is 0.265 e. The number of carbonyl (C=O) groups excluding carboxylic acids is 2. The lowest BCUT2D eigenvalue weighted by atomic mass is 9.71. The van der Waals surface area contributed by atoms with Gasteiger partial charge >= 0.3 is 0 Å². The molecule has 1 aromatic heterocycles. The number of para-hydroxylation sites is 1. The van der Waals surface area contributed by atoms with Crippen LogP contribution in [0.15, 0.2) is 35.8 Å². The summed E-state index contributed by atoms with van der Waals surface area (Å²) in [6.45, 7) is 5.84. The molecule has 7 heteroatoms. The topological polar surface area (TPSA) is 65.5 Å². The van der Waals surface area contributed by atoms with Gasteiger partial charge in [0.1, 0.15) is 4.88 Å². The zero-order valence-electron chi connectivity index (χ0n) is 16.6. The lowest BCUT2D eigenvalue weighted by Gasteiger charge is -2.52. The van der Waals surface area contributed by atoms with Crippen LogP contribution in [0, 0.1) is 24.2 Å². The number of amides is 2. The maximum atomic E-state index is 13.1. The van der Waals surface area contributed by atoms with Gasteiger partial charge in [-0.3, -0.25) is 9.59 Å². The van der Waals surface area contributed by atoms with Crippen LogP contribution in [0.2, 0.25) is 0 Å². The van der Waals surface area contributed by atoms with E-state index in [1.54, 1.807) is 5.51 Å². The molecule has 2 aromatic rings. The zero-order valence-corrected chi connectivity index (χ0v) is 17.5. The second-order valence-corrected chi connectivity index (χ2v) is 9.58. The quantitative estimate of drug-likeness (QED) is 0.823. The number of benzene rings is 1. The first-order valence-electron chi connectivity index (χ1n) is 10.3. The fraction of sp³-hybridized carbons (Fsp3) is 0.500. The van der Waals surface area contributed by atoms with Crippen LogP contribution >= 0.6 is 11.3 Å². The minimum Gasteiger partial charge on any atom is -0.370 e. The third-order valence-electron chi connectivity index (χ3n) is 6.64. The maximum Gasteiger partial charge on any atom is 0.265 e. The van der Waals surface area contributed by atoms with Crippen LogP contribution in [-0.4, -0.2) is 54.4 Å². The zero-order chi connectivity index (χ0) is 20.0. The molecule has 5 rings (SSSR count). The van der Waals surface area contributed by atoms with Crippen LogP contribution in [0.4, 0.5) is 5.69 Å². The van der Waals surface area contributed by atoms with E-state index in [2.05, 4.69) is 39.5 Å². The van der Waals surface area contributed by atoms with Crippen LogP contribution in [-0.2, 0) is 4.79 Å². The number of nitrogens with one attached hydrogen (secondary N) is 1. The minimum absolute atomic E-state index is 0.0426. The normalized spacial score (nSPS) is 22.6. The maximum absolute atomic E-state index is 13.1. The van der Waals surface area contributed by atoms with E-state index < -0.39 is 0 Å². The van der Waals surface area contributed by atoms with Crippen molar-refractivity contribution >= 4 is 28.8 Å². The summed E-state index contributed by atoms with van der Waals surface area (Å²) < 4.78 is 0. The lowest BCUT2D eigenvalue weighted by Crippen LogP contribution is -2.62. The van der Waals surface area contributed by atoms with Gasteiger partial charge in [-0.15, -0.1) is 11.3 Å². The van der Waals surface area contributed by atoms with Gasteiger partial charge in [0, 0.05) is 55.7 Å². The van der Waals surface area contributed by atoms with Crippen molar-refractivity contribution in [2.75, 3.05) is 37.6 Å². The highest BCUT2D eigenvalue weighted by Gasteiger charge is 2.55. The number of likely N-dealkylation sites (tertiary alicyclic amines) is 1. The highest BCUT2D eigenvalue weighted by Crippen LogP contribution is 2.46. The third kappa shape index (κ3) is 3.41. The van der Waals surface area contributed by atoms with Crippen LogP contribution in [0.3, 0.4) is 0 Å². The second kappa shape index (κ2) is 7.13. The Labute approximate surface area is 174 Å². The van der Waals surface area contributed by atoms with Gasteiger partial charge < -0.3 is 15.1 Å². The molecular formula is C22H26N4O2S. The van der Waals surface area contributed by atoms with Crippen LogP contribution in [0.5, 0.6) is 0 Å². The fourth-order valence-corrected chi connectivity index (χ4v) is 5.50. The van der Waals surface area contributed by atoms with Crippen molar-refractivity contribution in [1.29, 1.82) is 0 Å². The van der Waals surface area contributed by atoms with E-state index in [1.165, 1.54) is 17.0 Å². The highest BCUT2D eigenvalue weighted by molar-refractivity contribution is 7.11. The van der Waals surface area contributed by atoms with Crippen LogP contribution < -0.4 is 10.2 Å². The SMILES string of the molecule is Cc1ncsc1C(=O)N1CC(CNC(=O)C2CC2)C2(C1)CN(c1ccccc1)C2. The molecule has 3 heterocycles. The van der Waals surface area contributed by atoms with Crippen molar-refractivity contribution in [2.24, 2.45) is 17.3 Å². The van der Waals surface area contributed by atoms with E-state index in [0.717, 1.165) is 43.0 Å². The van der Waals surface area contributed by atoms with Gasteiger partial charge in [-0.05, 0) is 31.9 Å². The van der Waals surface area contributed by atoms with E-state index in [0.29, 0.717) is 13.1 Å². The summed E-state index contributed by atoms with van der Waals surface area (Å²) in [6.07, 6.45) is 2.03. The summed E-state index contributed by atoms with van der Waals surface area (Å²) in [6, 6.07) is 10.4. The van der Waals surface area contributed by atoms with Gasteiger partial charge in [-0.25, -0.2) is 4.98 Å². The van der Waals surface area contributed by atoms with Crippen molar-refractivity contribution in [3.63, 3.8) is 0 Å². The molecule has 1 aromatic carbocycles. The first-order chi connectivity index (χ1) is 14.1. The Bertz CT molecular complexity index is 918. The molecule has 6 nitrogen and oxygen atoms in total. The molecule has 1 aliphatic carbocycles. The number of hydrogen-bond donors (Lipinski definition) is 1. The molecule has 1 unspecified atom stereocenters. The number of hydrogen-bond acceptors (Lipinski definition) is 5. The Morgan fingerprint density at radius 2 is 1.97 bits per heavy atom. The Morgan fingerprint density at radius 3 is 2.62 bits per heavy atom. The molecule has 0 radical (unpaired) electrons. The van der Waals surface area contributed by atoms with Crippen LogP contribution in [0.1, 0.15) is 28.2 Å². The van der Waals surface area contributed by atoms with Gasteiger partial charge in [0.15, 0.2) is 0 Å². The van der Waals surface area contributed by atoms with Gasteiger partial charge in [-0.2, -0.15) is 0 Å². The third-order valence-corrected chi connectivity index (χ3v) is 7.56. The Morgan fingerprint density at radius 1 is 1.21 bits per heavy atom. The average Bonchev–Trinajstić information content (AvgIpc) is 3.36. The summed E-state index contributed by atoms with van der Waals surface area (Å²) in [5.74, 6) is 0.760. The Balaban J connectivity index is 1.32. The largest absolute Gasteiger partial charge is 0.370 e. The predicted octanol–water partition coefficient (Wildman–Crippen LogP) is 2.56. The Hall–Kier alpha value is -2.41. The molecule has 1 spiro atoms. The van der Waals surface area contributed by atoms with Gasteiger partial charge in [0.05, 0.1) is 11.2 Å². The Kier molecular flexibility index (Phi) is 4.57. The van der Waals surface area contributed by atoms with E-state index in [9.17, 15) is 9.59 Å². The summed E-state index contributed by atoms with van der Waals surface area (Å²) in [5.41, 5.74) is 3.81. The van der Waals surface area contributed by atoms with Crippen molar-refractivity contribution in [2.45, 2.75) is 19.8 Å². The van der Waals surface area contributed by atoms with E-state index >= 15 is 0 Å². The number of carbonyl (C=O) groups is 2. The number of thiazole rings is 1. The van der Waals surface area contributed by atoms with E-state index in [4.69, 9.17) is 0 Å². The number of rotatable bonds is 5. The van der Waals surface area contributed by atoms with Crippen molar-refractivity contribution in [3.05, 3.63) is 46.4 Å². The molecular weight excluding hydrogens is 384 g/mol. The lowest BCUT2D eigenvalue weighted by molar-refractivity contribution is -0.122. The van der Waals surface area contributed by atoms with Gasteiger partial charge in [0.2, 0.25) is 5.91 Å². The number of aromatic nitrogens is 1. The molecule has 1 saturated carbocycles. The summed E-state index contributed by atoms with van der Waals surface area (Å²) in [5, 5.41) is 3.17. The fourth-order valence-electron chi connectivity index (χ4n) is 4.73. The molecule has 0 bridgehead atoms. The molecule has 3 aliphatic rings. The predicted molar refractivity (Wildman–Crippen MR) is 113 cm³/mol. The summed E-state index contributed by atoms with van der Waals surface area (Å²) in [4.78, 5) is 34.6. The average molecular weight is 411 g/mol. The number of aryl methyl sites for hydroxylation is 1. The minimum atomic E-state index is 0.0426. The summed E-state index contributed by atoms with van der Waals surface area (Å²) >= 11 is 1.42. The molecule has 1 N–H and O–H groups in total. The van der Waals surface area contributed by atoms with E-state index in [-0.39, 0.29) is 29.1 Å². The van der Waals surface area contributed by atoms with E-state index in [1.807, 2.05) is 17.9 Å². The van der Waals surface area contributed by atoms with Gasteiger partial charge in [0.25, 0.3) is 5.91 Å².